The summed E-state index contributed by atoms with van der Waals surface area (Å²) in [6, 6.07) is 0.486. The monoisotopic (exact) mass is 182 g/mol. The summed E-state index contributed by atoms with van der Waals surface area (Å²) < 4.78 is 0. The second-order valence-electron chi connectivity index (χ2n) is 4.79. The fraction of sp³-hybridized carbons (Fsp3) is 1.00. The highest BCUT2D eigenvalue weighted by atomic mass is 16.3. The van der Waals surface area contributed by atoms with E-state index in [9.17, 15) is 5.11 Å². The Morgan fingerprint density at radius 1 is 1.31 bits per heavy atom. The summed E-state index contributed by atoms with van der Waals surface area (Å²) in [6.45, 7) is 4.40. The van der Waals surface area contributed by atoms with Crippen LogP contribution in [-0.2, 0) is 0 Å². The van der Waals surface area contributed by atoms with Crippen molar-refractivity contribution in [2.45, 2.75) is 30.9 Å². The van der Waals surface area contributed by atoms with Crippen molar-refractivity contribution in [2.24, 2.45) is 5.92 Å². The second kappa shape index (κ2) is 2.69. The van der Waals surface area contributed by atoms with Gasteiger partial charge in [0.15, 0.2) is 0 Å². The molecule has 3 aliphatic rings. The Morgan fingerprint density at radius 2 is 2.15 bits per heavy atom. The average molecular weight is 182 g/mol. The van der Waals surface area contributed by atoms with Gasteiger partial charge in [-0.3, -0.25) is 4.90 Å². The van der Waals surface area contributed by atoms with E-state index < -0.39 is 0 Å². The van der Waals surface area contributed by atoms with E-state index in [0.29, 0.717) is 12.0 Å². The fourth-order valence-electron chi connectivity index (χ4n) is 3.27. The van der Waals surface area contributed by atoms with Gasteiger partial charge < -0.3 is 10.4 Å². The molecule has 0 radical (unpaired) electrons. The van der Waals surface area contributed by atoms with Gasteiger partial charge in [0.1, 0.15) is 0 Å². The fourth-order valence-corrected chi connectivity index (χ4v) is 3.27. The Bertz CT molecular complexity index is 217. The van der Waals surface area contributed by atoms with Crippen LogP contribution in [0.1, 0.15) is 19.3 Å². The summed E-state index contributed by atoms with van der Waals surface area (Å²) in [7, 11) is 0. The van der Waals surface area contributed by atoms with Crippen LogP contribution in [0.3, 0.4) is 0 Å². The summed E-state index contributed by atoms with van der Waals surface area (Å²) in [5.41, 5.74) is -0.345. The van der Waals surface area contributed by atoms with Crippen LogP contribution in [0.5, 0.6) is 0 Å². The number of aliphatic hydroxyl groups is 1. The third kappa shape index (κ3) is 1.01. The van der Waals surface area contributed by atoms with E-state index in [1.165, 1.54) is 19.4 Å². The van der Waals surface area contributed by atoms with E-state index in [1.807, 2.05) is 0 Å². The maximum absolute atomic E-state index is 10.6. The Morgan fingerprint density at radius 3 is 2.85 bits per heavy atom. The SMILES string of the molecule is OC1(C2CNC2)CCN2CCCC21. The minimum atomic E-state index is -0.345. The molecule has 0 saturated carbocycles. The molecule has 0 aromatic heterocycles. The van der Waals surface area contributed by atoms with Crippen molar-refractivity contribution in [1.29, 1.82) is 0 Å². The third-order valence-electron chi connectivity index (χ3n) is 4.23. The van der Waals surface area contributed by atoms with Crippen LogP contribution in [0, 0.1) is 5.92 Å². The van der Waals surface area contributed by atoms with Crippen LogP contribution >= 0.6 is 0 Å². The molecule has 0 aliphatic carbocycles. The van der Waals surface area contributed by atoms with Gasteiger partial charge in [-0.1, -0.05) is 0 Å². The lowest BCUT2D eigenvalue weighted by Gasteiger charge is -2.43. The number of nitrogens with one attached hydrogen (secondary N) is 1. The lowest BCUT2D eigenvalue weighted by atomic mass is 9.77. The zero-order chi connectivity index (χ0) is 8.89. The normalized spacial score (nSPS) is 46.4. The summed E-state index contributed by atoms with van der Waals surface area (Å²) in [4.78, 5) is 2.48. The van der Waals surface area contributed by atoms with Crippen molar-refractivity contribution in [3.05, 3.63) is 0 Å². The first-order valence-electron chi connectivity index (χ1n) is 5.48. The Labute approximate surface area is 79.1 Å². The Balaban J connectivity index is 1.81. The molecule has 13 heavy (non-hydrogen) atoms. The Kier molecular flexibility index (Phi) is 1.70. The van der Waals surface area contributed by atoms with Crippen LogP contribution in [0.15, 0.2) is 0 Å². The lowest BCUT2D eigenvalue weighted by molar-refractivity contribution is -0.0577. The molecule has 0 aromatic rings. The summed E-state index contributed by atoms with van der Waals surface area (Å²) in [5, 5.41) is 13.9. The molecule has 3 nitrogen and oxygen atoms in total. The van der Waals surface area contributed by atoms with Crippen LogP contribution in [0.2, 0.25) is 0 Å². The van der Waals surface area contributed by atoms with E-state index in [-0.39, 0.29) is 5.60 Å². The molecule has 0 aromatic carbocycles. The topological polar surface area (TPSA) is 35.5 Å². The first-order valence-corrected chi connectivity index (χ1v) is 5.48. The standard InChI is InChI=1S/C10H18N2O/c13-10(8-6-11-7-8)3-5-12-4-1-2-9(10)12/h8-9,11,13H,1-7H2. The van der Waals surface area contributed by atoms with Crippen molar-refractivity contribution >= 4 is 0 Å². The molecule has 3 fully saturated rings. The van der Waals surface area contributed by atoms with Crippen LogP contribution in [0.4, 0.5) is 0 Å². The number of hydrogen-bond donors (Lipinski definition) is 2. The smallest absolute Gasteiger partial charge is 0.0866 e. The molecule has 0 spiro atoms. The number of hydrogen-bond acceptors (Lipinski definition) is 3. The van der Waals surface area contributed by atoms with Crippen molar-refractivity contribution in [2.75, 3.05) is 26.2 Å². The van der Waals surface area contributed by atoms with E-state index in [4.69, 9.17) is 0 Å². The molecule has 74 valence electrons. The van der Waals surface area contributed by atoms with Gasteiger partial charge >= 0.3 is 0 Å². The van der Waals surface area contributed by atoms with Crippen molar-refractivity contribution in [3.8, 4) is 0 Å². The molecule has 3 heterocycles. The first kappa shape index (κ1) is 8.21. The summed E-state index contributed by atoms with van der Waals surface area (Å²) in [5.74, 6) is 0.528. The predicted octanol–water partition coefficient (Wildman–Crippen LogP) is -0.195. The van der Waals surface area contributed by atoms with E-state index in [0.717, 1.165) is 26.1 Å². The van der Waals surface area contributed by atoms with Gasteiger partial charge in [-0.15, -0.1) is 0 Å². The van der Waals surface area contributed by atoms with Crippen LogP contribution in [-0.4, -0.2) is 47.8 Å². The Hall–Kier alpha value is -0.120. The van der Waals surface area contributed by atoms with Gasteiger partial charge in [0, 0.05) is 31.6 Å². The van der Waals surface area contributed by atoms with Gasteiger partial charge in [0.2, 0.25) is 0 Å². The number of fused-ring (bicyclic) bond motifs is 1. The highest BCUT2D eigenvalue weighted by molar-refractivity contribution is 5.08. The van der Waals surface area contributed by atoms with Gasteiger partial charge in [-0.05, 0) is 25.8 Å². The third-order valence-corrected chi connectivity index (χ3v) is 4.23. The van der Waals surface area contributed by atoms with Gasteiger partial charge in [0.25, 0.3) is 0 Å². The molecular formula is C10H18N2O. The summed E-state index contributed by atoms with van der Waals surface area (Å²) in [6.07, 6.45) is 3.50. The molecule has 3 heteroatoms. The lowest BCUT2D eigenvalue weighted by Crippen LogP contribution is -2.59. The molecule has 0 bridgehead atoms. The number of rotatable bonds is 1. The van der Waals surface area contributed by atoms with Crippen molar-refractivity contribution < 1.29 is 5.11 Å². The second-order valence-corrected chi connectivity index (χ2v) is 4.79. The van der Waals surface area contributed by atoms with E-state index in [2.05, 4.69) is 10.2 Å². The molecule has 3 saturated heterocycles. The first-order chi connectivity index (χ1) is 6.31. The summed E-state index contributed by atoms with van der Waals surface area (Å²) >= 11 is 0. The maximum Gasteiger partial charge on any atom is 0.0866 e. The van der Waals surface area contributed by atoms with E-state index in [1.54, 1.807) is 0 Å². The molecule has 2 N–H and O–H groups in total. The highest BCUT2D eigenvalue weighted by Gasteiger charge is 2.53. The zero-order valence-electron chi connectivity index (χ0n) is 8.00. The van der Waals surface area contributed by atoms with Gasteiger partial charge in [-0.2, -0.15) is 0 Å². The zero-order valence-corrected chi connectivity index (χ0v) is 8.00. The quantitative estimate of drug-likeness (QED) is 0.590. The molecule has 2 unspecified atom stereocenters. The molecule has 0 amide bonds. The minimum Gasteiger partial charge on any atom is -0.388 e. The van der Waals surface area contributed by atoms with E-state index >= 15 is 0 Å². The average Bonchev–Trinajstić information content (AvgIpc) is 2.52. The van der Waals surface area contributed by atoms with Gasteiger partial charge in [0.05, 0.1) is 5.60 Å². The predicted molar refractivity (Wildman–Crippen MR) is 50.5 cm³/mol. The molecular weight excluding hydrogens is 164 g/mol. The maximum atomic E-state index is 10.6. The molecule has 3 aliphatic heterocycles. The van der Waals surface area contributed by atoms with Crippen molar-refractivity contribution in [1.82, 2.24) is 10.2 Å². The minimum absolute atomic E-state index is 0.345. The van der Waals surface area contributed by atoms with Crippen LogP contribution < -0.4 is 5.32 Å². The highest BCUT2D eigenvalue weighted by Crippen LogP contribution is 2.41. The number of nitrogens with zero attached hydrogens (tertiary/aromatic N) is 1. The molecule has 2 atom stereocenters. The molecule has 3 rings (SSSR count). The van der Waals surface area contributed by atoms with Gasteiger partial charge in [-0.25, -0.2) is 0 Å². The van der Waals surface area contributed by atoms with Crippen LogP contribution in [0.25, 0.3) is 0 Å². The van der Waals surface area contributed by atoms with Crippen molar-refractivity contribution in [3.63, 3.8) is 0 Å². The largest absolute Gasteiger partial charge is 0.388 e.